The van der Waals surface area contributed by atoms with E-state index in [9.17, 15) is 14.4 Å². The lowest BCUT2D eigenvalue weighted by molar-refractivity contribution is -0.123. The van der Waals surface area contributed by atoms with Crippen molar-refractivity contribution in [2.45, 2.75) is 37.8 Å². The third-order valence-electron chi connectivity index (χ3n) is 7.17. The predicted octanol–water partition coefficient (Wildman–Crippen LogP) is 3.84. The second-order valence-corrected chi connectivity index (χ2v) is 10.5. The number of primary amides is 1. The van der Waals surface area contributed by atoms with Crippen molar-refractivity contribution in [3.8, 4) is 11.5 Å². The fourth-order valence-electron chi connectivity index (χ4n) is 5.13. The molecule has 0 aliphatic heterocycles. The van der Waals surface area contributed by atoms with Crippen molar-refractivity contribution in [1.82, 2.24) is 14.7 Å². The first-order valence-electron chi connectivity index (χ1n) is 13.1. The number of carbonyl (C=O) groups is 3. The van der Waals surface area contributed by atoms with Gasteiger partial charge in [0.1, 0.15) is 10.9 Å². The van der Waals surface area contributed by atoms with E-state index < -0.39 is 17.9 Å². The quantitative estimate of drug-likeness (QED) is 0.272. The van der Waals surface area contributed by atoms with Crippen molar-refractivity contribution in [3.05, 3.63) is 70.9 Å². The molecule has 0 bridgehead atoms. The largest absolute Gasteiger partial charge is 0.493 e. The highest BCUT2D eigenvalue weighted by Crippen LogP contribution is 2.38. The summed E-state index contributed by atoms with van der Waals surface area (Å²) < 4.78 is 14.9. The van der Waals surface area contributed by atoms with E-state index in [0.717, 1.165) is 48.1 Å². The van der Waals surface area contributed by atoms with E-state index in [4.69, 9.17) is 20.9 Å². The Labute approximate surface area is 240 Å². The number of benzene rings is 2. The maximum Gasteiger partial charge on any atom is 0.273 e. The predicted molar refractivity (Wildman–Crippen MR) is 156 cm³/mol. The summed E-state index contributed by atoms with van der Waals surface area (Å²) >= 11 is 0.748. The lowest BCUT2D eigenvalue weighted by Gasteiger charge is -2.32. The van der Waals surface area contributed by atoms with Crippen molar-refractivity contribution >= 4 is 51.5 Å². The Hall–Kier alpha value is -4.71. The van der Waals surface area contributed by atoms with Gasteiger partial charge in [0.05, 0.1) is 25.4 Å². The topological polar surface area (TPSA) is 163 Å². The van der Waals surface area contributed by atoms with Crippen LogP contribution in [-0.4, -0.2) is 47.3 Å². The van der Waals surface area contributed by atoms with Crippen molar-refractivity contribution in [2.24, 2.45) is 5.73 Å². The van der Waals surface area contributed by atoms with Crippen LogP contribution in [0, 0.1) is 0 Å². The summed E-state index contributed by atoms with van der Waals surface area (Å²) in [5, 5.41) is 3.95. The standard InChI is InChI=1S/C29H30N6O5S/c1-39-21-12-10-19(15-22(21)40-2)35(29(38)26-23(30)24(27(31)36)34-41-26)25(28(37)33-18-7-3-4-8-18)17-9-11-20-16(14-17)6-5-13-32-20/h5-6,9-15,18,25H,3-4,7-8,30H2,1-2H3,(H2,31,36)(H,33,37). The SMILES string of the molecule is COc1ccc(N(C(=O)c2snc(C(N)=O)c2N)C(C(=O)NC2CCCC2)c2ccc3ncccc3c2)cc1OC. The maximum atomic E-state index is 14.4. The number of ether oxygens (including phenoxy) is 2. The molecule has 0 saturated heterocycles. The van der Waals surface area contributed by atoms with Gasteiger partial charge in [-0.1, -0.05) is 25.0 Å². The van der Waals surface area contributed by atoms with Gasteiger partial charge in [-0.25, -0.2) is 0 Å². The zero-order chi connectivity index (χ0) is 29.1. The summed E-state index contributed by atoms with van der Waals surface area (Å²) in [5.41, 5.74) is 12.9. The van der Waals surface area contributed by atoms with E-state index in [1.165, 1.54) is 19.1 Å². The molecule has 2 aromatic heterocycles. The molecule has 1 aliphatic carbocycles. The highest BCUT2D eigenvalue weighted by molar-refractivity contribution is 7.09. The number of anilines is 2. The number of fused-ring (bicyclic) bond motifs is 1. The van der Waals surface area contributed by atoms with Gasteiger partial charge in [0.25, 0.3) is 11.8 Å². The molecule has 1 aliphatic rings. The van der Waals surface area contributed by atoms with Crippen LogP contribution < -0.4 is 31.2 Å². The zero-order valence-electron chi connectivity index (χ0n) is 22.6. The third kappa shape index (κ3) is 5.50. The molecule has 3 amide bonds. The molecule has 5 rings (SSSR count). The number of carbonyl (C=O) groups excluding carboxylic acids is 3. The first kappa shape index (κ1) is 27.8. The molecule has 2 heterocycles. The van der Waals surface area contributed by atoms with E-state index in [1.807, 2.05) is 18.2 Å². The maximum absolute atomic E-state index is 14.4. The summed E-state index contributed by atoms with van der Waals surface area (Å²) in [7, 11) is 2.99. The van der Waals surface area contributed by atoms with E-state index in [2.05, 4.69) is 14.7 Å². The Bertz CT molecular complexity index is 1620. The zero-order valence-corrected chi connectivity index (χ0v) is 23.4. The van der Waals surface area contributed by atoms with Gasteiger partial charge in [-0.3, -0.25) is 24.3 Å². The number of hydrogen-bond donors (Lipinski definition) is 3. The molecule has 0 spiro atoms. The van der Waals surface area contributed by atoms with Crippen LogP contribution in [0.5, 0.6) is 11.5 Å². The molecule has 1 saturated carbocycles. The number of nitrogens with two attached hydrogens (primary N) is 2. The van der Waals surface area contributed by atoms with Gasteiger partial charge in [-0.05, 0) is 60.3 Å². The minimum atomic E-state index is -1.12. The van der Waals surface area contributed by atoms with Crippen LogP contribution in [0.1, 0.15) is 57.4 Å². The molecule has 11 nitrogen and oxygen atoms in total. The first-order valence-corrected chi connectivity index (χ1v) is 13.8. The number of amides is 3. The lowest BCUT2D eigenvalue weighted by Crippen LogP contribution is -2.46. The van der Waals surface area contributed by atoms with Crippen LogP contribution in [0.25, 0.3) is 10.9 Å². The molecule has 41 heavy (non-hydrogen) atoms. The van der Waals surface area contributed by atoms with Gasteiger partial charge in [0, 0.05) is 29.4 Å². The van der Waals surface area contributed by atoms with Crippen molar-refractivity contribution in [1.29, 1.82) is 0 Å². The number of nitrogens with zero attached hydrogens (tertiary/aromatic N) is 3. The summed E-state index contributed by atoms with van der Waals surface area (Å²) in [6, 6.07) is 12.9. The summed E-state index contributed by atoms with van der Waals surface area (Å²) in [6.45, 7) is 0. The molecule has 2 aromatic carbocycles. The molecule has 4 aromatic rings. The van der Waals surface area contributed by atoms with Crippen LogP contribution in [0.15, 0.2) is 54.7 Å². The fourth-order valence-corrected chi connectivity index (χ4v) is 5.87. The van der Waals surface area contributed by atoms with Gasteiger partial charge in [-0.2, -0.15) is 4.37 Å². The van der Waals surface area contributed by atoms with Gasteiger partial charge in [0.15, 0.2) is 17.2 Å². The monoisotopic (exact) mass is 574 g/mol. The Balaban J connectivity index is 1.71. The molecule has 5 N–H and O–H groups in total. The number of aromatic nitrogens is 2. The van der Waals surface area contributed by atoms with E-state index >= 15 is 0 Å². The minimum absolute atomic E-state index is 0.00980. The summed E-state index contributed by atoms with van der Waals surface area (Å²) in [6.07, 6.45) is 5.43. The van der Waals surface area contributed by atoms with E-state index in [-0.39, 0.29) is 28.2 Å². The highest BCUT2D eigenvalue weighted by Gasteiger charge is 2.37. The average Bonchev–Trinajstić information content (AvgIpc) is 3.64. The number of nitrogens with one attached hydrogen (secondary N) is 1. The van der Waals surface area contributed by atoms with Crippen LogP contribution in [-0.2, 0) is 4.79 Å². The first-order chi connectivity index (χ1) is 19.8. The second kappa shape index (κ2) is 11.8. The summed E-state index contributed by atoms with van der Waals surface area (Å²) in [5.74, 6) is -1.04. The second-order valence-electron chi connectivity index (χ2n) is 9.70. The molecular weight excluding hydrogens is 544 g/mol. The minimum Gasteiger partial charge on any atom is -0.493 e. The molecule has 1 atom stereocenters. The molecule has 1 fully saturated rings. The van der Waals surface area contributed by atoms with Gasteiger partial charge in [-0.15, -0.1) is 0 Å². The van der Waals surface area contributed by atoms with E-state index in [1.54, 1.807) is 36.5 Å². The van der Waals surface area contributed by atoms with Crippen molar-refractivity contribution in [3.63, 3.8) is 0 Å². The van der Waals surface area contributed by atoms with Crippen LogP contribution >= 0.6 is 11.5 Å². The fraction of sp³-hybridized carbons (Fsp3) is 0.276. The number of nitrogen functional groups attached to an aromatic ring is 1. The molecular formula is C29H30N6O5S. The van der Waals surface area contributed by atoms with Crippen LogP contribution in [0.3, 0.4) is 0 Å². The van der Waals surface area contributed by atoms with Gasteiger partial charge in [0.2, 0.25) is 5.91 Å². The Morgan fingerprint density at radius 2 is 1.80 bits per heavy atom. The Morgan fingerprint density at radius 1 is 1.05 bits per heavy atom. The average molecular weight is 575 g/mol. The van der Waals surface area contributed by atoms with Crippen molar-refractivity contribution in [2.75, 3.05) is 24.9 Å². The van der Waals surface area contributed by atoms with Crippen LogP contribution in [0.2, 0.25) is 0 Å². The Kier molecular flexibility index (Phi) is 8.02. The summed E-state index contributed by atoms with van der Waals surface area (Å²) in [4.78, 5) is 46.2. The Morgan fingerprint density at radius 3 is 2.49 bits per heavy atom. The lowest BCUT2D eigenvalue weighted by atomic mass is 9.99. The normalized spacial score (nSPS) is 14.0. The number of pyridine rings is 1. The van der Waals surface area contributed by atoms with E-state index in [0.29, 0.717) is 22.7 Å². The number of methoxy groups -OCH3 is 2. The number of hydrogen-bond acceptors (Lipinski definition) is 9. The molecule has 212 valence electrons. The van der Waals surface area contributed by atoms with Crippen molar-refractivity contribution < 1.29 is 23.9 Å². The molecule has 12 heteroatoms. The van der Waals surface area contributed by atoms with Gasteiger partial charge >= 0.3 is 0 Å². The molecule has 0 radical (unpaired) electrons. The number of rotatable bonds is 9. The highest BCUT2D eigenvalue weighted by atomic mass is 32.1. The molecule has 1 unspecified atom stereocenters. The van der Waals surface area contributed by atoms with Gasteiger partial charge < -0.3 is 26.3 Å². The van der Waals surface area contributed by atoms with Crippen LogP contribution in [0.4, 0.5) is 11.4 Å². The smallest absolute Gasteiger partial charge is 0.273 e. The third-order valence-corrected chi connectivity index (χ3v) is 8.02.